The molecule has 0 spiro atoms. The largest absolute Gasteiger partial charge is 0.365 e. The number of aromatic nitrogens is 4. The van der Waals surface area contributed by atoms with Gasteiger partial charge in [0.15, 0.2) is 23.1 Å². The number of hydrogen-bond acceptors (Lipinski definition) is 7. The van der Waals surface area contributed by atoms with Crippen LogP contribution in [0.2, 0.25) is 5.02 Å². The zero-order chi connectivity index (χ0) is 25.4. The van der Waals surface area contributed by atoms with Gasteiger partial charge in [0.1, 0.15) is 0 Å². The molecule has 0 bridgehead atoms. The van der Waals surface area contributed by atoms with E-state index in [1.54, 1.807) is 18.2 Å². The van der Waals surface area contributed by atoms with Crippen LogP contribution in [-0.4, -0.2) is 33.4 Å². The van der Waals surface area contributed by atoms with E-state index in [1.807, 2.05) is 6.92 Å². The van der Waals surface area contributed by atoms with Gasteiger partial charge in [-0.05, 0) is 44.4 Å². The monoisotopic (exact) mass is 524 g/mol. The summed E-state index contributed by atoms with van der Waals surface area (Å²) in [6, 6.07) is 10.3. The summed E-state index contributed by atoms with van der Waals surface area (Å²) in [4.78, 5) is 12.9. The third kappa shape index (κ3) is 4.52. The van der Waals surface area contributed by atoms with Gasteiger partial charge in [0.05, 0.1) is 22.2 Å². The Morgan fingerprint density at radius 2 is 1.97 bits per heavy atom. The van der Waals surface area contributed by atoms with E-state index in [9.17, 15) is 18.1 Å². The lowest BCUT2D eigenvalue weighted by molar-refractivity contribution is 0.393. The summed E-state index contributed by atoms with van der Waals surface area (Å²) in [7, 11) is -4.00. The maximum atomic E-state index is 14.7. The van der Waals surface area contributed by atoms with Gasteiger partial charge in [-0.3, -0.25) is 0 Å². The van der Waals surface area contributed by atoms with Crippen molar-refractivity contribution < 1.29 is 12.8 Å². The minimum atomic E-state index is -4.00. The quantitative estimate of drug-likeness (QED) is 0.375. The van der Waals surface area contributed by atoms with Gasteiger partial charge in [-0.15, -0.1) is 0 Å². The molecule has 0 saturated heterocycles. The van der Waals surface area contributed by atoms with Crippen LogP contribution in [0.5, 0.6) is 0 Å². The first kappa shape index (κ1) is 24.2. The fourth-order valence-electron chi connectivity index (χ4n) is 4.47. The zero-order valence-corrected chi connectivity index (χ0v) is 20.9. The molecular formula is C25H22ClFN6O2S. The standard InChI is InChI=1S/C25H22ClFN6O2S/c1-15-5-7-19(8-6-15)36(34,35)33-14-21(20-10-17(26)12-30-25(20)33)23-29-13-22(27)24(32-23)31-18-4-2-3-16(9-18)11-28/h5-8,10,12-14,16,18H,2-4,9H2,1H3,(H,29,31,32)/t16-,18+/m1/s1. The molecule has 3 heterocycles. The highest BCUT2D eigenvalue weighted by molar-refractivity contribution is 7.90. The van der Waals surface area contributed by atoms with E-state index in [0.29, 0.717) is 22.4 Å². The fraction of sp³-hybridized carbons (Fsp3) is 0.280. The Morgan fingerprint density at radius 3 is 2.72 bits per heavy atom. The van der Waals surface area contributed by atoms with Crippen molar-refractivity contribution in [2.75, 3.05) is 5.32 Å². The van der Waals surface area contributed by atoms with E-state index in [4.69, 9.17) is 11.6 Å². The molecule has 11 heteroatoms. The number of rotatable bonds is 5. The van der Waals surface area contributed by atoms with E-state index in [1.165, 1.54) is 24.5 Å². The number of nitriles is 1. The molecule has 2 atom stereocenters. The van der Waals surface area contributed by atoms with Crippen LogP contribution in [0.1, 0.15) is 31.2 Å². The smallest absolute Gasteiger partial charge is 0.269 e. The van der Waals surface area contributed by atoms with Crippen LogP contribution in [-0.2, 0) is 10.0 Å². The molecule has 3 aromatic heterocycles. The molecule has 36 heavy (non-hydrogen) atoms. The molecule has 1 aliphatic rings. The zero-order valence-electron chi connectivity index (χ0n) is 19.3. The van der Waals surface area contributed by atoms with Gasteiger partial charge in [-0.25, -0.2) is 31.7 Å². The average Bonchev–Trinajstić information content (AvgIpc) is 3.25. The van der Waals surface area contributed by atoms with Crippen molar-refractivity contribution in [1.29, 1.82) is 5.26 Å². The maximum absolute atomic E-state index is 14.7. The van der Waals surface area contributed by atoms with E-state index in [2.05, 4.69) is 26.3 Å². The van der Waals surface area contributed by atoms with Crippen LogP contribution in [0.15, 0.2) is 53.8 Å². The normalized spacial score (nSPS) is 18.2. The third-order valence-corrected chi connectivity index (χ3v) is 8.21. The molecule has 0 radical (unpaired) electrons. The van der Waals surface area contributed by atoms with Crippen molar-refractivity contribution in [3.8, 4) is 17.5 Å². The third-order valence-electron chi connectivity index (χ3n) is 6.34. The second kappa shape index (κ2) is 9.48. The Hall–Kier alpha value is -3.55. The number of nitrogens with one attached hydrogen (secondary N) is 1. The summed E-state index contributed by atoms with van der Waals surface area (Å²) in [5.74, 6) is -0.594. The Kier molecular flexibility index (Phi) is 6.36. The van der Waals surface area contributed by atoms with Crippen LogP contribution in [0.25, 0.3) is 22.4 Å². The number of fused-ring (bicyclic) bond motifs is 1. The van der Waals surface area contributed by atoms with E-state index >= 15 is 0 Å². The highest BCUT2D eigenvalue weighted by Gasteiger charge is 2.26. The number of anilines is 1. The average molecular weight is 525 g/mol. The lowest BCUT2D eigenvalue weighted by atomic mass is 9.87. The molecular weight excluding hydrogens is 503 g/mol. The van der Waals surface area contributed by atoms with Crippen molar-refractivity contribution in [3.05, 3.63) is 65.3 Å². The SMILES string of the molecule is Cc1ccc(S(=O)(=O)n2cc(-c3ncc(F)c(N[C@H]4CCC[C@@H](C#N)C4)n3)c3cc(Cl)cnc32)cc1. The van der Waals surface area contributed by atoms with Crippen molar-refractivity contribution in [2.24, 2.45) is 5.92 Å². The van der Waals surface area contributed by atoms with Crippen LogP contribution < -0.4 is 5.32 Å². The van der Waals surface area contributed by atoms with Gasteiger partial charge in [-0.2, -0.15) is 5.26 Å². The molecule has 1 fully saturated rings. The van der Waals surface area contributed by atoms with Crippen molar-refractivity contribution >= 4 is 38.5 Å². The topological polar surface area (TPSA) is 114 Å². The first-order chi connectivity index (χ1) is 17.3. The summed E-state index contributed by atoms with van der Waals surface area (Å²) < 4.78 is 42.7. The predicted octanol–water partition coefficient (Wildman–Crippen LogP) is 5.33. The van der Waals surface area contributed by atoms with Crippen LogP contribution in [0, 0.1) is 30.0 Å². The number of aryl methyl sites for hydroxylation is 1. The maximum Gasteiger partial charge on any atom is 0.269 e. The Balaban J connectivity index is 1.59. The number of nitrogens with zero attached hydrogens (tertiary/aromatic N) is 5. The highest BCUT2D eigenvalue weighted by Crippen LogP contribution is 2.33. The first-order valence-electron chi connectivity index (χ1n) is 11.4. The van der Waals surface area contributed by atoms with Crippen molar-refractivity contribution in [2.45, 2.75) is 43.5 Å². The molecule has 0 unspecified atom stereocenters. The highest BCUT2D eigenvalue weighted by atomic mass is 35.5. The summed E-state index contributed by atoms with van der Waals surface area (Å²) in [6.07, 6.45) is 6.88. The van der Waals surface area contributed by atoms with Crippen LogP contribution >= 0.6 is 11.6 Å². The lowest BCUT2D eigenvalue weighted by Crippen LogP contribution is -2.27. The Labute approximate surface area is 212 Å². The van der Waals surface area contributed by atoms with Crippen molar-refractivity contribution in [3.63, 3.8) is 0 Å². The van der Waals surface area contributed by atoms with Crippen LogP contribution in [0.3, 0.4) is 0 Å². The van der Waals surface area contributed by atoms with Crippen LogP contribution in [0.4, 0.5) is 10.2 Å². The minimum Gasteiger partial charge on any atom is -0.365 e. The summed E-state index contributed by atoms with van der Waals surface area (Å²) in [5, 5.41) is 13.1. The molecule has 1 saturated carbocycles. The number of benzene rings is 1. The molecule has 1 aliphatic carbocycles. The summed E-state index contributed by atoms with van der Waals surface area (Å²) in [5.41, 5.74) is 1.43. The molecule has 4 aromatic rings. The van der Waals surface area contributed by atoms with E-state index in [-0.39, 0.29) is 34.1 Å². The second-order valence-corrected chi connectivity index (χ2v) is 11.2. The van der Waals surface area contributed by atoms with E-state index < -0.39 is 15.8 Å². The first-order valence-corrected chi connectivity index (χ1v) is 13.3. The lowest BCUT2D eigenvalue weighted by Gasteiger charge is -2.26. The van der Waals surface area contributed by atoms with Gasteiger partial charge in [-0.1, -0.05) is 35.7 Å². The number of hydrogen-bond donors (Lipinski definition) is 1. The van der Waals surface area contributed by atoms with Crippen molar-refractivity contribution in [1.82, 2.24) is 18.9 Å². The summed E-state index contributed by atoms with van der Waals surface area (Å²) >= 11 is 6.19. The molecule has 0 amide bonds. The molecule has 1 N–H and O–H groups in total. The summed E-state index contributed by atoms with van der Waals surface area (Å²) in [6.45, 7) is 1.87. The fourth-order valence-corrected chi connectivity index (χ4v) is 5.95. The Morgan fingerprint density at radius 1 is 1.19 bits per heavy atom. The molecule has 184 valence electrons. The predicted molar refractivity (Wildman–Crippen MR) is 134 cm³/mol. The van der Waals surface area contributed by atoms with Gasteiger partial charge in [0, 0.05) is 35.3 Å². The number of halogens is 2. The molecule has 1 aromatic carbocycles. The Bertz CT molecular complexity index is 1600. The molecule has 8 nitrogen and oxygen atoms in total. The molecule has 5 rings (SSSR count). The van der Waals surface area contributed by atoms with Gasteiger partial charge in [0.2, 0.25) is 0 Å². The van der Waals surface area contributed by atoms with E-state index in [0.717, 1.165) is 35.0 Å². The molecule has 0 aliphatic heterocycles. The second-order valence-electron chi connectivity index (χ2n) is 8.91. The van der Waals surface area contributed by atoms with Gasteiger partial charge < -0.3 is 5.32 Å². The van der Waals surface area contributed by atoms with Gasteiger partial charge in [0.25, 0.3) is 10.0 Å². The van der Waals surface area contributed by atoms with Gasteiger partial charge >= 0.3 is 0 Å². The number of pyridine rings is 1. The minimum absolute atomic E-state index is 0.000804.